The van der Waals surface area contributed by atoms with Crippen LogP contribution in [0.2, 0.25) is 10.0 Å². The van der Waals surface area contributed by atoms with Crippen molar-refractivity contribution >= 4 is 124 Å². The number of carbonyl (C=O) groups excluding carboxylic acids is 1. The first-order valence-electron chi connectivity index (χ1n) is 20.7. The molecule has 12 nitrogen and oxygen atoms in total. The van der Waals surface area contributed by atoms with Crippen LogP contribution in [-0.4, -0.2) is 64.0 Å². The quantitative estimate of drug-likeness (QED) is 0.0531. The molecule has 0 radical (unpaired) electrons. The van der Waals surface area contributed by atoms with Gasteiger partial charge in [0, 0.05) is 10.8 Å². The number of carboxylic acid groups (broad SMARTS) is 1. The highest BCUT2D eigenvalue weighted by atomic mass is 79.9. The summed E-state index contributed by atoms with van der Waals surface area (Å²) in [7, 11) is 0. The lowest BCUT2D eigenvalue weighted by Crippen LogP contribution is -2.15. The third-order valence-corrected chi connectivity index (χ3v) is 13.5. The minimum atomic E-state index is -0.875. The van der Waals surface area contributed by atoms with Crippen LogP contribution in [0.25, 0.3) is 32.9 Å². The Morgan fingerprint density at radius 3 is 1.77 bits per heavy atom. The molecule has 2 saturated carbocycles. The lowest BCUT2D eigenvalue weighted by molar-refractivity contribution is -0.133. The Balaban J connectivity index is 0.000000139. The van der Waals surface area contributed by atoms with Gasteiger partial charge in [-0.25, -0.2) is 0 Å². The van der Waals surface area contributed by atoms with Gasteiger partial charge in [-0.15, -0.1) is 15.3 Å². The summed E-state index contributed by atoms with van der Waals surface area (Å²) < 4.78 is 5.66. The van der Waals surface area contributed by atoms with E-state index in [0.717, 1.165) is 45.6 Å². The fourth-order valence-corrected chi connectivity index (χ4v) is 9.75. The lowest BCUT2D eigenvalue weighted by Gasteiger charge is -2.13. The van der Waals surface area contributed by atoms with E-state index in [2.05, 4.69) is 124 Å². The van der Waals surface area contributed by atoms with Crippen molar-refractivity contribution in [2.24, 2.45) is 0 Å². The summed E-state index contributed by atoms with van der Waals surface area (Å²) in [6.45, 7) is 3.35. The summed E-state index contributed by atoms with van der Waals surface area (Å²) in [5.41, 5.74) is 13.6. The van der Waals surface area contributed by atoms with Crippen LogP contribution in [-0.2, 0) is 9.59 Å². The molecule has 0 atom stereocenters. The van der Waals surface area contributed by atoms with Gasteiger partial charge in [0.2, 0.25) is 20.1 Å². The molecule has 2 aromatic heterocycles. The second kappa shape index (κ2) is 22.2. The highest BCUT2D eigenvalue weighted by Crippen LogP contribution is 2.45. The van der Waals surface area contributed by atoms with Crippen molar-refractivity contribution < 1.29 is 19.8 Å². The Bertz CT molecular complexity index is 3120. The second-order valence-corrected chi connectivity index (χ2v) is 19.2. The first-order chi connectivity index (χ1) is 31.7. The minimum Gasteiger partial charge on any atom is -0.481 e. The van der Waals surface area contributed by atoms with E-state index in [0.29, 0.717) is 46.7 Å². The highest BCUT2D eigenvalue weighted by molar-refractivity contribution is 9.10. The molecule has 6 aromatic carbocycles. The van der Waals surface area contributed by atoms with Crippen molar-refractivity contribution in [2.75, 3.05) is 23.4 Å². The summed E-state index contributed by atoms with van der Waals surface area (Å²) in [6, 6.07) is 36.3. The molecular weight excluding hydrogens is 1050 g/mol. The number of hydrogen-bond acceptors (Lipinski definition) is 9. The molecule has 6 N–H and O–H groups in total. The number of aromatic nitrogens is 6. The predicted molar refractivity (Wildman–Crippen MR) is 275 cm³/mol. The zero-order valence-electron chi connectivity index (χ0n) is 35.6. The van der Waals surface area contributed by atoms with E-state index in [1.807, 2.05) is 47.2 Å². The van der Waals surface area contributed by atoms with Crippen LogP contribution in [0, 0.1) is 18.6 Å². The Morgan fingerprint density at radius 2 is 1.30 bits per heavy atom. The van der Waals surface area contributed by atoms with E-state index in [-0.39, 0.29) is 5.75 Å². The van der Waals surface area contributed by atoms with Crippen molar-refractivity contribution in [1.82, 2.24) is 29.5 Å². The van der Waals surface area contributed by atoms with Gasteiger partial charge in [-0.3, -0.25) is 23.8 Å². The normalized spacial score (nSPS) is 12.9. The number of aromatic amines is 1. The SMILES string of the molecule is Cc1ccc(N)c(Cl)c1.Cc1ccc(NC(=O)CO)c(Cl)c1.O=C(O)CSc1nnc(Br)n1-c1ccc(C2CC2)c2ccccc12.S=c1[nH]nc(Br)n1-c1ccc(C2CC2)c2ccccc12. The summed E-state index contributed by atoms with van der Waals surface area (Å²) in [5.74, 6) is -0.00214. The van der Waals surface area contributed by atoms with Gasteiger partial charge in [-0.1, -0.05) is 108 Å². The average molecular weight is 1090 g/mol. The number of hydrogen-bond donors (Lipinski definition) is 5. The zero-order valence-corrected chi connectivity index (χ0v) is 42.0. The number of amides is 1. The topological polar surface area (TPSA) is 177 Å². The molecule has 18 heteroatoms. The first kappa shape index (κ1) is 48.9. The Morgan fingerprint density at radius 1 is 0.773 bits per heavy atom. The second-order valence-electron chi connectivity index (χ2n) is 15.6. The largest absolute Gasteiger partial charge is 0.481 e. The summed E-state index contributed by atoms with van der Waals surface area (Å²) >= 11 is 24.9. The number of H-pyrrole nitrogens is 1. The van der Waals surface area contributed by atoms with Crippen molar-refractivity contribution in [1.29, 1.82) is 0 Å². The van der Waals surface area contributed by atoms with E-state index in [1.54, 1.807) is 18.2 Å². The van der Waals surface area contributed by atoms with Crippen LogP contribution in [0.5, 0.6) is 0 Å². The average Bonchev–Trinajstić information content (AvgIpc) is 4.26. The van der Waals surface area contributed by atoms with Gasteiger partial charge < -0.3 is 21.3 Å². The number of nitrogens with zero attached hydrogens (tertiary/aromatic N) is 5. The van der Waals surface area contributed by atoms with Gasteiger partial charge in [-0.05, 0) is 165 Å². The maximum Gasteiger partial charge on any atom is 0.313 e. The number of carboxylic acids is 1. The number of nitrogen functional groups attached to an aromatic ring is 1. The molecule has 2 fully saturated rings. The molecule has 2 aliphatic rings. The minimum absolute atomic E-state index is 0.0524. The molecule has 0 unspecified atom stereocenters. The van der Waals surface area contributed by atoms with E-state index in [9.17, 15) is 9.59 Å². The Labute approximate surface area is 417 Å². The maximum absolute atomic E-state index is 10.9. The van der Waals surface area contributed by atoms with Gasteiger partial charge >= 0.3 is 5.97 Å². The number of thioether (sulfide) groups is 1. The standard InChI is InChI=1S/C17H14BrN3O2S.C15H12BrN3S.C9H10ClNO2.C7H8ClN/c18-16-19-20-17(24-9-15(22)23)21(16)14-8-7-11(10-5-6-10)12-3-1-2-4-13(12)14;16-14-17-18-15(20)19(14)13-8-7-10(9-5-6-9)11-3-1-2-4-12(11)13;1-6-2-3-8(7(10)4-6)11-9(13)5-12;1-5-2-3-7(9)6(8)4-5/h1-4,7-8,10H,5-6,9H2,(H,22,23);1-4,7-9H,5-6H2,(H,18,20);2-4,12H,5H2,1H3,(H,11,13);2-4H,9H2,1H3. The number of aliphatic hydroxyl groups is 1. The number of carbonyl (C=O) groups is 2. The number of rotatable bonds is 9. The molecule has 0 saturated heterocycles. The lowest BCUT2D eigenvalue weighted by atomic mass is 9.99. The molecule has 340 valence electrons. The third-order valence-electron chi connectivity index (χ3n) is 10.6. The molecule has 2 aliphatic carbocycles. The number of aliphatic carboxylic acids is 1. The number of aliphatic hydroxyl groups excluding tert-OH is 1. The number of halogens is 4. The number of anilines is 2. The molecule has 0 spiro atoms. The Hall–Kier alpha value is -5.07. The van der Waals surface area contributed by atoms with Crippen LogP contribution in [0.3, 0.4) is 0 Å². The van der Waals surface area contributed by atoms with Gasteiger partial charge in [-0.2, -0.15) is 0 Å². The van der Waals surface area contributed by atoms with Crippen molar-refractivity contribution in [2.45, 2.75) is 56.5 Å². The van der Waals surface area contributed by atoms with Crippen LogP contribution in [0.15, 0.2) is 124 Å². The van der Waals surface area contributed by atoms with Crippen molar-refractivity contribution in [3.8, 4) is 11.4 Å². The fourth-order valence-electron chi connectivity index (χ4n) is 7.21. The molecule has 66 heavy (non-hydrogen) atoms. The van der Waals surface area contributed by atoms with Crippen LogP contribution in [0.4, 0.5) is 11.4 Å². The molecule has 0 bridgehead atoms. The molecule has 8 aromatic rings. The maximum atomic E-state index is 10.9. The van der Waals surface area contributed by atoms with Crippen LogP contribution in [0.1, 0.15) is 59.8 Å². The number of fused-ring (bicyclic) bond motifs is 2. The van der Waals surface area contributed by atoms with Crippen LogP contribution >= 0.6 is 79.0 Å². The van der Waals surface area contributed by atoms with E-state index < -0.39 is 18.5 Å². The molecule has 0 aliphatic heterocycles. The third kappa shape index (κ3) is 12.1. The number of aryl methyl sites for hydroxylation is 2. The number of nitrogens with two attached hydrogens (primary N) is 1. The molecule has 2 heterocycles. The zero-order chi connectivity index (χ0) is 47.1. The molecule has 1 amide bonds. The Kier molecular flexibility index (Phi) is 16.4. The van der Waals surface area contributed by atoms with Gasteiger partial charge in [0.25, 0.3) is 0 Å². The monoisotopic (exact) mass is 1090 g/mol. The summed E-state index contributed by atoms with van der Waals surface area (Å²) in [6.07, 6.45) is 5.11. The van der Waals surface area contributed by atoms with E-state index >= 15 is 0 Å². The predicted octanol–water partition coefficient (Wildman–Crippen LogP) is 12.8. The first-order valence-corrected chi connectivity index (χ1v) is 24.5. The molecule has 10 rings (SSSR count). The van der Waals surface area contributed by atoms with Gasteiger partial charge in [0.05, 0.1) is 38.5 Å². The highest BCUT2D eigenvalue weighted by Gasteiger charge is 2.27. The smallest absolute Gasteiger partial charge is 0.313 e. The summed E-state index contributed by atoms with van der Waals surface area (Å²) in [5, 5.41) is 41.6. The van der Waals surface area contributed by atoms with Crippen LogP contribution < -0.4 is 11.1 Å². The number of nitrogens with one attached hydrogen (secondary N) is 2. The summed E-state index contributed by atoms with van der Waals surface area (Å²) in [4.78, 5) is 21.7. The fraction of sp³-hybridized carbons (Fsp3) is 0.208. The number of benzene rings is 6. The van der Waals surface area contributed by atoms with Crippen molar-refractivity contribution in [3.05, 3.63) is 156 Å². The van der Waals surface area contributed by atoms with Crippen molar-refractivity contribution in [3.63, 3.8) is 0 Å². The molecular formula is C48H44Br2Cl2N8O4S2. The van der Waals surface area contributed by atoms with E-state index in [4.69, 9.17) is 51.4 Å². The van der Waals surface area contributed by atoms with Gasteiger partial charge in [0.1, 0.15) is 6.61 Å². The van der Waals surface area contributed by atoms with Gasteiger partial charge in [0.15, 0.2) is 5.16 Å². The van der Waals surface area contributed by atoms with E-state index in [1.165, 1.54) is 53.0 Å².